The standard InChI is InChI=1S/C10H17N3O/c1-8-6-9(11)10(13-7-8)12-4-2-3-5-14/h6-7,14H,2-5,11H2,1H3,(H,12,13). The van der Waals surface area contributed by atoms with Crippen LogP contribution >= 0.6 is 0 Å². The van der Waals surface area contributed by atoms with Gasteiger partial charge in [0.05, 0.1) is 5.69 Å². The fraction of sp³-hybridized carbons (Fsp3) is 0.500. The summed E-state index contributed by atoms with van der Waals surface area (Å²) < 4.78 is 0. The van der Waals surface area contributed by atoms with Crippen LogP contribution in [-0.2, 0) is 0 Å². The lowest BCUT2D eigenvalue weighted by Gasteiger charge is -2.07. The second-order valence-corrected chi connectivity index (χ2v) is 3.31. The van der Waals surface area contributed by atoms with Crippen LogP contribution in [0.5, 0.6) is 0 Å². The molecular formula is C10H17N3O. The first-order valence-corrected chi connectivity index (χ1v) is 4.81. The van der Waals surface area contributed by atoms with Gasteiger partial charge in [-0.2, -0.15) is 0 Å². The van der Waals surface area contributed by atoms with Crippen LogP contribution in [0.1, 0.15) is 18.4 Å². The molecule has 1 rings (SSSR count). The second-order valence-electron chi connectivity index (χ2n) is 3.31. The third kappa shape index (κ3) is 3.22. The van der Waals surface area contributed by atoms with Crippen molar-refractivity contribution in [2.45, 2.75) is 19.8 Å². The van der Waals surface area contributed by atoms with Crippen LogP contribution in [-0.4, -0.2) is 23.2 Å². The zero-order valence-electron chi connectivity index (χ0n) is 8.45. The van der Waals surface area contributed by atoms with Gasteiger partial charge in [0.25, 0.3) is 0 Å². The number of nitrogens with zero attached hydrogens (tertiary/aromatic N) is 1. The molecular weight excluding hydrogens is 178 g/mol. The molecule has 0 aliphatic heterocycles. The van der Waals surface area contributed by atoms with Gasteiger partial charge in [-0.05, 0) is 31.4 Å². The van der Waals surface area contributed by atoms with Crippen LogP contribution < -0.4 is 11.1 Å². The molecule has 0 aromatic carbocycles. The number of rotatable bonds is 5. The van der Waals surface area contributed by atoms with E-state index >= 15 is 0 Å². The molecule has 1 aromatic rings. The minimum atomic E-state index is 0.235. The third-order valence-corrected chi connectivity index (χ3v) is 1.93. The topological polar surface area (TPSA) is 71.2 Å². The molecule has 0 radical (unpaired) electrons. The van der Waals surface area contributed by atoms with Crippen LogP contribution in [0.25, 0.3) is 0 Å². The number of pyridine rings is 1. The number of nitrogen functional groups attached to an aromatic ring is 1. The zero-order valence-corrected chi connectivity index (χ0v) is 8.45. The van der Waals surface area contributed by atoms with Crippen molar-refractivity contribution in [2.24, 2.45) is 0 Å². The molecule has 1 heterocycles. The molecule has 0 amide bonds. The first-order valence-electron chi connectivity index (χ1n) is 4.81. The van der Waals surface area contributed by atoms with E-state index in [1.165, 1.54) is 0 Å². The number of hydrogen-bond acceptors (Lipinski definition) is 4. The quantitative estimate of drug-likeness (QED) is 0.616. The smallest absolute Gasteiger partial charge is 0.149 e. The number of aliphatic hydroxyl groups is 1. The van der Waals surface area contributed by atoms with Crippen molar-refractivity contribution in [2.75, 3.05) is 24.2 Å². The van der Waals surface area contributed by atoms with Crippen molar-refractivity contribution in [3.8, 4) is 0 Å². The number of unbranched alkanes of at least 4 members (excludes halogenated alkanes) is 1. The number of aryl methyl sites for hydroxylation is 1. The Kier molecular flexibility index (Phi) is 4.19. The molecule has 0 aliphatic rings. The number of hydrogen-bond donors (Lipinski definition) is 3. The zero-order chi connectivity index (χ0) is 10.4. The maximum Gasteiger partial charge on any atom is 0.149 e. The molecule has 0 unspecified atom stereocenters. The van der Waals surface area contributed by atoms with E-state index < -0.39 is 0 Å². The SMILES string of the molecule is Cc1cnc(NCCCCO)c(N)c1. The Hall–Kier alpha value is -1.29. The minimum absolute atomic E-state index is 0.235. The number of anilines is 2. The first-order chi connectivity index (χ1) is 6.74. The fourth-order valence-electron chi connectivity index (χ4n) is 1.18. The van der Waals surface area contributed by atoms with Gasteiger partial charge in [0.1, 0.15) is 5.82 Å². The Morgan fingerprint density at radius 3 is 2.93 bits per heavy atom. The van der Waals surface area contributed by atoms with E-state index in [0.29, 0.717) is 5.69 Å². The Labute approximate surface area is 84.2 Å². The lowest BCUT2D eigenvalue weighted by molar-refractivity contribution is 0.286. The van der Waals surface area contributed by atoms with Crippen LogP contribution in [0, 0.1) is 6.92 Å². The third-order valence-electron chi connectivity index (χ3n) is 1.93. The van der Waals surface area contributed by atoms with Crippen LogP contribution in [0.3, 0.4) is 0 Å². The average Bonchev–Trinajstić information content (AvgIpc) is 2.15. The minimum Gasteiger partial charge on any atom is -0.396 e. The molecule has 0 fully saturated rings. The lowest BCUT2D eigenvalue weighted by atomic mass is 10.2. The summed E-state index contributed by atoms with van der Waals surface area (Å²) >= 11 is 0. The van der Waals surface area contributed by atoms with Crippen LogP contribution in [0.4, 0.5) is 11.5 Å². The van der Waals surface area contributed by atoms with Gasteiger partial charge < -0.3 is 16.2 Å². The fourth-order valence-corrected chi connectivity index (χ4v) is 1.18. The highest BCUT2D eigenvalue weighted by Gasteiger charge is 1.98. The van der Waals surface area contributed by atoms with E-state index in [2.05, 4.69) is 10.3 Å². The van der Waals surface area contributed by atoms with Crippen molar-refractivity contribution >= 4 is 11.5 Å². The average molecular weight is 195 g/mol. The number of aliphatic hydroxyl groups excluding tert-OH is 1. The highest BCUT2D eigenvalue weighted by molar-refractivity contribution is 5.61. The summed E-state index contributed by atoms with van der Waals surface area (Å²) in [5, 5.41) is 11.7. The molecule has 78 valence electrons. The first kappa shape index (κ1) is 10.8. The van der Waals surface area contributed by atoms with Gasteiger partial charge in [0.2, 0.25) is 0 Å². The van der Waals surface area contributed by atoms with Gasteiger partial charge in [-0.25, -0.2) is 4.98 Å². The van der Waals surface area contributed by atoms with E-state index in [9.17, 15) is 0 Å². The monoisotopic (exact) mass is 195 g/mol. The Bertz CT molecular complexity index is 289. The summed E-state index contributed by atoms with van der Waals surface area (Å²) in [4.78, 5) is 4.18. The molecule has 1 aromatic heterocycles. The van der Waals surface area contributed by atoms with E-state index in [-0.39, 0.29) is 6.61 Å². The van der Waals surface area contributed by atoms with Gasteiger partial charge in [-0.1, -0.05) is 0 Å². The van der Waals surface area contributed by atoms with Crippen LogP contribution in [0.15, 0.2) is 12.3 Å². The largest absolute Gasteiger partial charge is 0.396 e. The molecule has 4 nitrogen and oxygen atoms in total. The highest BCUT2D eigenvalue weighted by Crippen LogP contribution is 2.15. The van der Waals surface area contributed by atoms with Gasteiger partial charge in [-0.3, -0.25) is 0 Å². The summed E-state index contributed by atoms with van der Waals surface area (Å²) in [7, 11) is 0. The van der Waals surface area contributed by atoms with Crippen molar-refractivity contribution in [3.05, 3.63) is 17.8 Å². The van der Waals surface area contributed by atoms with Crippen molar-refractivity contribution in [1.29, 1.82) is 0 Å². The normalized spacial score (nSPS) is 10.1. The van der Waals surface area contributed by atoms with E-state index in [1.807, 2.05) is 13.0 Å². The summed E-state index contributed by atoms with van der Waals surface area (Å²) in [6.45, 7) is 2.98. The van der Waals surface area contributed by atoms with E-state index in [0.717, 1.165) is 30.8 Å². The number of nitrogens with two attached hydrogens (primary N) is 1. The summed E-state index contributed by atoms with van der Waals surface area (Å²) in [6.07, 6.45) is 3.51. The molecule has 0 bridgehead atoms. The molecule has 4 N–H and O–H groups in total. The Balaban J connectivity index is 2.42. The van der Waals surface area contributed by atoms with Gasteiger partial charge in [0, 0.05) is 19.3 Å². The molecule has 14 heavy (non-hydrogen) atoms. The number of nitrogens with one attached hydrogen (secondary N) is 1. The lowest BCUT2D eigenvalue weighted by Crippen LogP contribution is -2.06. The molecule has 0 saturated heterocycles. The van der Waals surface area contributed by atoms with Gasteiger partial charge in [-0.15, -0.1) is 0 Å². The maximum atomic E-state index is 8.59. The van der Waals surface area contributed by atoms with Gasteiger partial charge >= 0.3 is 0 Å². The van der Waals surface area contributed by atoms with Crippen molar-refractivity contribution in [1.82, 2.24) is 4.98 Å². The molecule has 0 aliphatic carbocycles. The predicted octanol–water partition coefficient (Wildman–Crippen LogP) is 1.16. The Morgan fingerprint density at radius 1 is 1.50 bits per heavy atom. The van der Waals surface area contributed by atoms with Crippen molar-refractivity contribution in [3.63, 3.8) is 0 Å². The van der Waals surface area contributed by atoms with E-state index in [1.54, 1.807) is 6.20 Å². The van der Waals surface area contributed by atoms with Gasteiger partial charge in [0.15, 0.2) is 0 Å². The molecule has 4 heteroatoms. The summed E-state index contributed by atoms with van der Waals surface area (Å²) in [5.74, 6) is 0.730. The Morgan fingerprint density at radius 2 is 2.29 bits per heavy atom. The van der Waals surface area contributed by atoms with Crippen LogP contribution in [0.2, 0.25) is 0 Å². The van der Waals surface area contributed by atoms with E-state index in [4.69, 9.17) is 10.8 Å². The predicted molar refractivity (Wildman–Crippen MR) is 58.2 cm³/mol. The highest BCUT2D eigenvalue weighted by atomic mass is 16.2. The maximum absolute atomic E-state index is 8.59. The summed E-state index contributed by atoms with van der Waals surface area (Å²) in [5.41, 5.74) is 7.50. The summed E-state index contributed by atoms with van der Waals surface area (Å²) in [6, 6.07) is 1.89. The molecule has 0 spiro atoms. The molecule has 0 saturated carbocycles. The number of aromatic nitrogens is 1. The second kappa shape index (κ2) is 5.44. The van der Waals surface area contributed by atoms with Crippen molar-refractivity contribution < 1.29 is 5.11 Å². The molecule has 0 atom stereocenters.